The summed E-state index contributed by atoms with van der Waals surface area (Å²) in [4.78, 5) is 14.5. The van der Waals surface area contributed by atoms with E-state index in [1.807, 2.05) is 0 Å². The van der Waals surface area contributed by atoms with E-state index in [1.165, 1.54) is 11.1 Å². The van der Waals surface area contributed by atoms with Crippen LogP contribution in [0.25, 0.3) is 0 Å². The van der Waals surface area contributed by atoms with E-state index in [2.05, 4.69) is 59.5 Å². The van der Waals surface area contributed by atoms with Crippen LogP contribution in [0.1, 0.15) is 36.0 Å². The number of piperidine rings is 1. The van der Waals surface area contributed by atoms with E-state index in [4.69, 9.17) is 5.73 Å². The summed E-state index contributed by atoms with van der Waals surface area (Å²) in [5.41, 5.74) is 9.38. The molecule has 0 saturated carbocycles. The Morgan fingerprint density at radius 3 is 2.15 bits per heavy atom. The molecule has 3 nitrogen and oxygen atoms in total. The SMILES string of the molecule is Cl.NCc1ccc(CCC(=O)N2CCC(Cc3ccccc3)CC2)cc1. The highest BCUT2D eigenvalue weighted by Crippen LogP contribution is 2.22. The number of hydrogen-bond acceptors (Lipinski definition) is 2. The van der Waals surface area contributed by atoms with Gasteiger partial charge in [-0.1, -0.05) is 54.6 Å². The fourth-order valence-corrected chi connectivity index (χ4v) is 3.59. The molecule has 0 aliphatic carbocycles. The zero-order chi connectivity index (χ0) is 17.5. The van der Waals surface area contributed by atoms with Crippen molar-refractivity contribution in [1.82, 2.24) is 4.90 Å². The van der Waals surface area contributed by atoms with Crippen LogP contribution in [0.4, 0.5) is 0 Å². The minimum absolute atomic E-state index is 0. The number of rotatable bonds is 6. The van der Waals surface area contributed by atoms with Crippen LogP contribution in [0.3, 0.4) is 0 Å². The van der Waals surface area contributed by atoms with Crippen LogP contribution in [-0.4, -0.2) is 23.9 Å². The Balaban J connectivity index is 0.00000243. The fourth-order valence-electron chi connectivity index (χ4n) is 3.59. The summed E-state index contributed by atoms with van der Waals surface area (Å²) in [5, 5.41) is 0. The molecule has 140 valence electrons. The molecule has 1 saturated heterocycles. The first-order valence-corrected chi connectivity index (χ1v) is 9.34. The molecule has 3 rings (SSSR count). The molecule has 2 aromatic carbocycles. The van der Waals surface area contributed by atoms with Gasteiger partial charge in [-0.05, 0) is 48.3 Å². The third-order valence-corrected chi connectivity index (χ3v) is 5.22. The van der Waals surface area contributed by atoms with Gasteiger partial charge in [0.15, 0.2) is 0 Å². The van der Waals surface area contributed by atoms with Gasteiger partial charge in [0.1, 0.15) is 0 Å². The molecule has 0 spiro atoms. The molecule has 1 aliphatic rings. The maximum Gasteiger partial charge on any atom is 0.222 e. The largest absolute Gasteiger partial charge is 0.343 e. The molecule has 1 aliphatic heterocycles. The first-order chi connectivity index (χ1) is 12.2. The summed E-state index contributed by atoms with van der Waals surface area (Å²) in [6.07, 6.45) is 4.78. The molecule has 0 radical (unpaired) electrons. The van der Waals surface area contributed by atoms with E-state index in [0.717, 1.165) is 44.3 Å². The number of aryl methyl sites for hydroxylation is 1. The molecule has 1 heterocycles. The van der Waals surface area contributed by atoms with Crippen LogP contribution < -0.4 is 5.73 Å². The molecule has 0 atom stereocenters. The first kappa shape index (κ1) is 20.5. The number of halogens is 1. The van der Waals surface area contributed by atoms with Crippen molar-refractivity contribution in [1.29, 1.82) is 0 Å². The van der Waals surface area contributed by atoms with Crippen molar-refractivity contribution in [3.05, 3.63) is 71.3 Å². The lowest BCUT2D eigenvalue weighted by atomic mass is 9.90. The number of nitrogens with two attached hydrogens (primary N) is 1. The topological polar surface area (TPSA) is 46.3 Å². The van der Waals surface area contributed by atoms with E-state index in [0.29, 0.717) is 24.8 Å². The molecule has 1 amide bonds. The number of carbonyl (C=O) groups is 1. The van der Waals surface area contributed by atoms with E-state index >= 15 is 0 Å². The normalized spacial score (nSPS) is 14.7. The molecule has 1 fully saturated rings. The Morgan fingerprint density at radius 1 is 0.923 bits per heavy atom. The molecule has 0 aromatic heterocycles. The van der Waals surface area contributed by atoms with Crippen molar-refractivity contribution < 1.29 is 4.79 Å². The van der Waals surface area contributed by atoms with E-state index in [1.54, 1.807) is 0 Å². The molecular weight excluding hydrogens is 344 g/mol. The minimum atomic E-state index is 0. The Kier molecular flexibility index (Phi) is 8.14. The number of hydrogen-bond donors (Lipinski definition) is 1. The number of likely N-dealkylation sites (tertiary alicyclic amines) is 1. The summed E-state index contributed by atoms with van der Waals surface area (Å²) in [6.45, 7) is 2.38. The predicted molar refractivity (Wildman–Crippen MR) is 109 cm³/mol. The van der Waals surface area contributed by atoms with E-state index in [-0.39, 0.29) is 12.4 Å². The second-order valence-electron chi connectivity index (χ2n) is 7.03. The van der Waals surface area contributed by atoms with E-state index in [9.17, 15) is 4.79 Å². The summed E-state index contributed by atoms with van der Waals surface area (Å²) in [5.74, 6) is 0.997. The highest BCUT2D eigenvalue weighted by molar-refractivity contribution is 5.85. The molecule has 4 heteroatoms. The monoisotopic (exact) mass is 372 g/mol. The third-order valence-electron chi connectivity index (χ3n) is 5.22. The maximum absolute atomic E-state index is 12.5. The van der Waals surface area contributed by atoms with Crippen LogP contribution in [0, 0.1) is 5.92 Å². The lowest BCUT2D eigenvalue weighted by molar-refractivity contribution is -0.132. The van der Waals surface area contributed by atoms with Gasteiger partial charge in [-0.25, -0.2) is 0 Å². The van der Waals surface area contributed by atoms with Gasteiger partial charge in [-0.2, -0.15) is 0 Å². The average molecular weight is 373 g/mol. The zero-order valence-electron chi connectivity index (χ0n) is 15.3. The molecule has 0 unspecified atom stereocenters. The van der Waals surface area contributed by atoms with Gasteiger partial charge >= 0.3 is 0 Å². The Bertz CT molecular complexity index is 664. The summed E-state index contributed by atoms with van der Waals surface area (Å²) < 4.78 is 0. The highest BCUT2D eigenvalue weighted by Gasteiger charge is 2.22. The third kappa shape index (κ3) is 5.86. The number of nitrogens with zero attached hydrogens (tertiary/aromatic N) is 1. The molecule has 2 aromatic rings. The summed E-state index contributed by atoms with van der Waals surface area (Å²) in [7, 11) is 0. The lowest BCUT2D eigenvalue weighted by Crippen LogP contribution is -2.39. The van der Waals surface area contributed by atoms with Gasteiger partial charge < -0.3 is 10.6 Å². The van der Waals surface area contributed by atoms with E-state index < -0.39 is 0 Å². The molecule has 26 heavy (non-hydrogen) atoms. The molecular formula is C22H29ClN2O. The first-order valence-electron chi connectivity index (χ1n) is 9.34. The zero-order valence-corrected chi connectivity index (χ0v) is 16.1. The van der Waals surface area contributed by atoms with Gasteiger partial charge in [-0.3, -0.25) is 4.79 Å². The standard InChI is InChI=1S/C22H28N2O.ClH/c23-17-21-8-6-18(7-9-21)10-11-22(25)24-14-12-20(13-15-24)16-19-4-2-1-3-5-19;/h1-9,20H,10-17,23H2;1H. The number of carbonyl (C=O) groups excluding carboxylic acids is 1. The van der Waals surface area contributed by atoms with Crippen molar-refractivity contribution in [3.63, 3.8) is 0 Å². The van der Waals surface area contributed by atoms with Gasteiger partial charge in [0.25, 0.3) is 0 Å². The van der Waals surface area contributed by atoms with Crippen LogP contribution in [0.5, 0.6) is 0 Å². The highest BCUT2D eigenvalue weighted by atomic mass is 35.5. The van der Waals surface area contributed by atoms with Crippen molar-refractivity contribution >= 4 is 18.3 Å². The average Bonchev–Trinajstić information content (AvgIpc) is 2.68. The van der Waals surface area contributed by atoms with Gasteiger partial charge in [-0.15, -0.1) is 12.4 Å². The Morgan fingerprint density at radius 2 is 1.54 bits per heavy atom. The van der Waals surface area contributed by atoms with Crippen molar-refractivity contribution in [2.24, 2.45) is 11.7 Å². The van der Waals surface area contributed by atoms with Gasteiger partial charge in [0.05, 0.1) is 0 Å². The Labute approximate surface area is 163 Å². The van der Waals surface area contributed by atoms with Gasteiger partial charge in [0, 0.05) is 26.1 Å². The summed E-state index contributed by atoms with van der Waals surface area (Å²) >= 11 is 0. The van der Waals surface area contributed by atoms with Crippen LogP contribution in [0.15, 0.2) is 54.6 Å². The quantitative estimate of drug-likeness (QED) is 0.833. The van der Waals surface area contributed by atoms with Crippen molar-refractivity contribution in [2.75, 3.05) is 13.1 Å². The maximum atomic E-state index is 12.5. The minimum Gasteiger partial charge on any atom is -0.343 e. The number of amides is 1. The van der Waals surface area contributed by atoms with Crippen molar-refractivity contribution in [3.8, 4) is 0 Å². The molecule has 2 N–H and O–H groups in total. The van der Waals surface area contributed by atoms with Crippen LogP contribution in [-0.2, 0) is 24.2 Å². The predicted octanol–water partition coefficient (Wildman–Crippen LogP) is 3.98. The van der Waals surface area contributed by atoms with Crippen LogP contribution >= 0.6 is 12.4 Å². The smallest absolute Gasteiger partial charge is 0.222 e. The lowest BCUT2D eigenvalue weighted by Gasteiger charge is -2.32. The fraction of sp³-hybridized carbons (Fsp3) is 0.409. The second-order valence-corrected chi connectivity index (χ2v) is 7.03. The van der Waals surface area contributed by atoms with Gasteiger partial charge in [0.2, 0.25) is 5.91 Å². The van der Waals surface area contributed by atoms with Crippen LogP contribution in [0.2, 0.25) is 0 Å². The van der Waals surface area contributed by atoms with Crippen molar-refractivity contribution in [2.45, 2.75) is 38.6 Å². The molecule has 0 bridgehead atoms. The number of benzene rings is 2. The summed E-state index contributed by atoms with van der Waals surface area (Å²) in [6, 6.07) is 18.9. The second kappa shape index (κ2) is 10.3. The Hall–Kier alpha value is -1.84.